The molecule has 3 heteroatoms. The molecule has 0 aromatic heterocycles. The maximum Gasteiger partial charge on any atom is 0.223 e. The first-order valence-corrected chi connectivity index (χ1v) is 7.76. The summed E-state index contributed by atoms with van der Waals surface area (Å²) in [5.74, 6) is 0.442. The summed E-state index contributed by atoms with van der Waals surface area (Å²) in [7, 11) is 0. The highest BCUT2D eigenvalue weighted by molar-refractivity contribution is 5.79. The monoisotopic (exact) mass is 268 g/mol. The minimum absolute atomic E-state index is 0.147. The highest BCUT2D eigenvalue weighted by Crippen LogP contribution is 2.40. The largest absolute Gasteiger partial charge is 0.355 e. The van der Waals surface area contributed by atoms with Crippen LogP contribution in [0.25, 0.3) is 0 Å². The lowest BCUT2D eigenvalue weighted by atomic mass is 9.68. The van der Waals surface area contributed by atoms with Gasteiger partial charge >= 0.3 is 0 Å². The van der Waals surface area contributed by atoms with Gasteiger partial charge in [0.05, 0.1) is 0 Å². The van der Waals surface area contributed by atoms with E-state index < -0.39 is 0 Å². The fraction of sp³-hybridized carbons (Fsp3) is 0.938. The minimum Gasteiger partial charge on any atom is -0.355 e. The van der Waals surface area contributed by atoms with Crippen LogP contribution in [0.3, 0.4) is 0 Å². The molecule has 0 aromatic carbocycles. The Hall–Kier alpha value is -0.570. The van der Waals surface area contributed by atoms with Gasteiger partial charge in [-0.25, -0.2) is 0 Å². The van der Waals surface area contributed by atoms with Crippen molar-refractivity contribution in [2.45, 2.75) is 66.2 Å². The molecule has 1 atom stereocenters. The molecule has 1 fully saturated rings. The molecule has 0 spiro atoms. The molecular formula is C16H32N2O. The van der Waals surface area contributed by atoms with Gasteiger partial charge in [-0.15, -0.1) is 0 Å². The lowest BCUT2D eigenvalue weighted by Gasteiger charge is -2.38. The maximum absolute atomic E-state index is 12.4. The molecule has 3 N–H and O–H groups in total. The van der Waals surface area contributed by atoms with Crippen molar-refractivity contribution < 1.29 is 4.79 Å². The van der Waals surface area contributed by atoms with Gasteiger partial charge in [-0.2, -0.15) is 0 Å². The second-order valence-electron chi connectivity index (χ2n) is 7.56. The van der Waals surface area contributed by atoms with E-state index in [4.69, 9.17) is 5.73 Å². The molecule has 0 aromatic rings. The standard InChI is InChI=1S/C16H32N2O/c1-15(2,9-7-11-17)12-18-14(19)13-8-5-6-10-16(13,3)4/h13H,5-12,17H2,1-4H3,(H,18,19). The summed E-state index contributed by atoms with van der Waals surface area (Å²) < 4.78 is 0. The zero-order chi connectivity index (χ0) is 14.5. The molecule has 0 radical (unpaired) electrons. The summed E-state index contributed by atoms with van der Waals surface area (Å²) >= 11 is 0. The van der Waals surface area contributed by atoms with Crippen LogP contribution in [0.5, 0.6) is 0 Å². The molecule has 0 bridgehead atoms. The van der Waals surface area contributed by atoms with Crippen molar-refractivity contribution in [3.63, 3.8) is 0 Å². The van der Waals surface area contributed by atoms with Gasteiger partial charge in [0.25, 0.3) is 0 Å². The summed E-state index contributed by atoms with van der Waals surface area (Å²) in [5, 5.41) is 3.18. The first-order chi connectivity index (χ1) is 8.78. The predicted octanol–water partition coefficient (Wildman–Crippen LogP) is 3.08. The fourth-order valence-corrected chi connectivity index (χ4v) is 3.10. The van der Waals surface area contributed by atoms with Crippen LogP contribution in [-0.2, 0) is 4.79 Å². The van der Waals surface area contributed by atoms with Crippen LogP contribution < -0.4 is 11.1 Å². The van der Waals surface area contributed by atoms with E-state index in [9.17, 15) is 4.79 Å². The van der Waals surface area contributed by atoms with Crippen LogP contribution in [0.4, 0.5) is 0 Å². The van der Waals surface area contributed by atoms with Crippen molar-refractivity contribution >= 4 is 5.91 Å². The van der Waals surface area contributed by atoms with Crippen LogP contribution in [0, 0.1) is 16.7 Å². The van der Waals surface area contributed by atoms with Crippen molar-refractivity contribution in [1.82, 2.24) is 5.32 Å². The average molecular weight is 268 g/mol. The van der Waals surface area contributed by atoms with E-state index in [0.29, 0.717) is 0 Å². The topological polar surface area (TPSA) is 55.1 Å². The lowest BCUT2D eigenvalue weighted by Crippen LogP contribution is -2.44. The molecule has 19 heavy (non-hydrogen) atoms. The minimum atomic E-state index is 0.147. The normalized spacial score (nSPS) is 23.1. The number of carbonyl (C=O) groups excluding carboxylic acids is 1. The first kappa shape index (κ1) is 16.5. The number of nitrogens with one attached hydrogen (secondary N) is 1. The van der Waals surface area contributed by atoms with Gasteiger partial charge < -0.3 is 11.1 Å². The van der Waals surface area contributed by atoms with Crippen molar-refractivity contribution in [2.75, 3.05) is 13.1 Å². The average Bonchev–Trinajstić information content (AvgIpc) is 2.33. The summed E-state index contributed by atoms with van der Waals surface area (Å²) in [6.07, 6.45) is 6.76. The first-order valence-electron chi connectivity index (χ1n) is 7.76. The van der Waals surface area contributed by atoms with Crippen LogP contribution in [0.2, 0.25) is 0 Å². The van der Waals surface area contributed by atoms with Gasteiger partial charge in [0, 0.05) is 12.5 Å². The quantitative estimate of drug-likeness (QED) is 0.778. The third-order valence-electron chi connectivity index (χ3n) is 4.62. The van der Waals surface area contributed by atoms with Gasteiger partial charge in [-0.05, 0) is 43.1 Å². The fourth-order valence-electron chi connectivity index (χ4n) is 3.10. The van der Waals surface area contributed by atoms with Crippen LogP contribution >= 0.6 is 0 Å². The van der Waals surface area contributed by atoms with E-state index in [1.807, 2.05) is 0 Å². The number of nitrogens with two attached hydrogens (primary N) is 1. The number of carbonyl (C=O) groups is 1. The van der Waals surface area contributed by atoms with Gasteiger partial charge in [-0.1, -0.05) is 40.5 Å². The van der Waals surface area contributed by atoms with E-state index in [2.05, 4.69) is 33.0 Å². The summed E-state index contributed by atoms with van der Waals surface area (Å²) in [6, 6.07) is 0. The van der Waals surface area contributed by atoms with Crippen LogP contribution in [0.1, 0.15) is 66.2 Å². The molecule has 0 saturated heterocycles. The molecule has 1 saturated carbocycles. The molecule has 1 unspecified atom stereocenters. The second kappa shape index (κ2) is 6.74. The van der Waals surface area contributed by atoms with E-state index >= 15 is 0 Å². The Balaban J connectivity index is 2.46. The summed E-state index contributed by atoms with van der Waals surface area (Å²) in [4.78, 5) is 12.4. The van der Waals surface area contributed by atoms with E-state index in [1.165, 1.54) is 19.3 Å². The number of hydrogen-bond acceptors (Lipinski definition) is 2. The van der Waals surface area contributed by atoms with Gasteiger partial charge in [0.1, 0.15) is 0 Å². The molecule has 0 aliphatic heterocycles. The molecule has 112 valence electrons. The predicted molar refractivity (Wildman–Crippen MR) is 80.8 cm³/mol. The Morgan fingerprint density at radius 1 is 1.37 bits per heavy atom. The van der Waals surface area contributed by atoms with Gasteiger partial charge in [-0.3, -0.25) is 4.79 Å². The molecular weight excluding hydrogens is 236 g/mol. The molecule has 1 aliphatic rings. The molecule has 1 rings (SSSR count). The van der Waals surface area contributed by atoms with Crippen LogP contribution in [-0.4, -0.2) is 19.0 Å². The molecule has 3 nitrogen and oxygen atoms in total. The van der Waals surface area contributed by atoms with Crippen molar-refractivity contribution in [1.29, 1.82) is 0 Å². The SMILES string of the molecule is CC(C)(CCCN)CNC(=O)C1CCCCC1(C)C. The zero-order valence-corrected chi connectivity index (χ0v) is 13.2. The smallest absolute Gasteiger partial charge is 0.223 e. The third-order valence-corrected chi connectivity index (χ3v) is 4.62. The highest BCUT2D eigenvalue weighted by atomic mass is 16.1. The highest BCUT2D eigenvalue weighted by Gasteiger charge is 2.37. The maximum atomic E-state index is 12.4. The third kappa shape index (κ3) is 5.13. The van der Waals surface area contributed by atoms with Crippen molar-refractivity contribution in [3.8, 4) is 0 Å². The zero-order valence-electron chi connectivity index (χ0n) is 13.2. The molecule has 1 aliphatic carbocycles. The van der Waals surface area contributed by atoms with Crippen LogP contribution in [0.15, 0.2) is 0 Å². The van der Waals surface area contributed by atoms with Gasteiger partial charge in [0.15, 0.2) is 0 Å². The Morgan fingerprint density at radius 2 is 2.05 bits per heavy atom. The second-order valence-corrected chi connectivity index (χ2v) is 7.56. The Bertz CT molecular complexity index is 297. The Labute approximate surface area is 118 Å². The number of rotatable bonds is 6. The number of amides is 1. The lowest BCUT2D eigenvalue weighted by molar-refractivity contribution is -0.130. The van der Waals surface area contributed by atoms with Crippen molar-refractivity contribution in [2.24, 2.45) is 22.5 Å². The summed E-state index contributed by atoms with van der Waals surface area (Å²) in [5.41, 5.74) is 5.86. The van der Waals surface area contributed by atoms with E-state index in [1.54, 1.807) is 0 Å². The molecule has 1 amide bonds. The van der Waals surface area contributed by atoms with Crippen molar-refractivity contribution in [3.05, 3.63) is 0 Å². The Morgan fingerprint density at radius 3 is 2.63 bits per heavy atom. The van der Waals surface area contributed by atoms with E-state index in [0.717, 1.165) is 32.4 Å². The Kier molecular flexibility index (Phi) is 5.84. The van der Waals surface area contributed by atoms with E-state index in [-0.39, 0.29) is 22.7 Å². The number of hydrogen-bond donors (Lipinski definition) is 2. The van der Waals surface area contributed by atoms with Gasteiger partial charge in [0.2, 0.25) is 5.91 Å². The summed E-state index contributed by atoms with van der Waals surface area (Å²) in [6.45, 7) is 10.4. The molecule has 0 heterocycles.